The Morgan fingerprint density at radius 3 is 2.07 bits per heavy atom. The number of carbonyl (C=O) groups excluding carboxylic acids is 2. The monoisotopic (exact) mass is 436 g/mol. The van der Waals surface area contributed by atoms with E-state index in [1.54, 1.807) is 6.07 Å². The third-order valence-corrected chi connectivity index (χ3v) is 5.53. The molecule has 0 unspecified atom stereocenters. The SMILES string of the molecule is COC(=O)c1ccc(NC(=O)[C@H](C)N(c2ccc(OC)c(OC)c2)S(C)(=O)=O)cc1. The molecule has 10 heteroatoms. The molecule has 0 saturated heterocycles. The zero-order chi connectivity index (χ0) is 22.5. The number of hydrogen-bond acceptors (Lipinski definition) is 7. The van der Waals surface area contributed by atoms with E-state index in [2.05, 4.69) is 10.1 Å². The molecule has 1 N–H and O–H groups in total. The molecule has 1 atom stereocenters. The predicted octanol–water partition coefficient (Wildman–Crippen LogP) is 2.28. The smallest absolute Gasteiger partial charge is 0.337 e. The Morgan fingerprint density at radius 1 is 0.967 bits per heavy atom. The van der Waals surface area contributed by atoms with E-state index in [9.17, 15) is 18.0 Å². The molecule has 0 radical (unpaired) electrons. The molecule has 0 aliphatic heterocycles. The van der Waals surface area contributed by atoms with Crippen LogP contribution in [0.4, 0.5) is 11.4 Å². The van der Waals surface area contributed by atoms with Crippen molar-refractivity contribution in [3.63, 3.8) is 0 Å². The summed E-state index contributed by atoms with van der Waals surface area (Å²) in [5.41, 5.74) is 0.978. The van der Waals surface area contributed by atoms with Crippen molar-refractivity contribution in [2.24, 2.45) is 0 Å². The number of amides is 1. The van der Waals surface area contributed by atoms with E-state index in [1.165, 1.54) is 64.7 Å². The van der Waals surface area contributed by atoms with Crippen molar-refractivity contribution in [3.05, 3.63) is 48.0 Å². The lowest BCUT2D eigenvalue weighted by Gasteiger charge is -2.28. The Bertz CT molecular complexity index is 1020. The van der Waals surface area contributed by atoms with Gasteiger partial charge in [-0.05, 0) is 43.3 Å². The highest BCUT2D eigenvalue weighted by Gasteiger charge is 2.30. The van der Waals surface area contributed by atoms with E-state index in [-0.39, 0.29) is 5.69 Å². The number of carbonyl (C=O) groups is 2. The molecule has 0 aromatic heterocycles. The molecule has 1 amide bonds. The minimum absolute atomic E-state index is 0.249. The van der Waals surface area contributed by atoms with Gasteiger partial charge < -0.3 is 19.5 Å². The lowest BCUT2D eigenvalue weighted by molar-refractivity contribution is -0.116. The van der Waals surface area contributed by atoms with Gasteiger partial charge in [-0.25, -0.2) is 13.2 Å². The van der Waals surface area contributed by atoms with Crippen LogP contribution in [0, 0.1) is 0 Å². The van der Waals surface area contributed by atoms with Gasteiger partial charge in [-0.1, -0.05) is 0 Å². The van der Waals surface area contributed by atoms with Crippen LogP contribution in [0.2, 0.25) is 0 Å². The number of anilines is 2. The second kappa shape index (κ2) is 9.49. The molecule has 9 nitrogen and oxygen atoms in total. The summed E-state index contributed by atoms with van der Waals surface area (Å²) in [6, 6.07) is 9.53. The van der Waals surface area contributed by atoms with Crippen LogP contribution >= 0.6 is 0 Å². The third kappa shape index (κ3) is 5.20. The maximum Gasteiger partial charge on any atom is 0.337 e. The molecule has 2 aromatic carbocycles. The highest BCUT2D eigenvalue weighted by Crippen LogP contribution is 2.33. The summed E-state index contributed by atoms with van der Waals surface area (Å²) in [4.78, 5) is 24.3. The molecule has 30 heavy (non-hydrogen) atoms. The second-order valence-electron chi connectivity index (χ2n) is 6.33. The van der Waals surface area contributed by atoms with Crippen molar-refractivity contribution in [1.82, 2.24) is 0 Å². The lowest BCUT2D eigenvalue weighted by Crippen LogP contribution is -2.45. The van der Waals surface area contributed by atoms with Gasteiger partial charge in [-0.15, -0.1) is 0 Å². The van der Waals surface area contributed by atoms with Crippen LogP contribution in [0.15, 0.2) is 42.5 Å². The van der Waals surface area contributed by atoms with E-state index in [0.29, 0.717) is 22.7 Å². The number of sulfonamides is 1. The van der Waals surface area contributed by atoms with Crippen molar-refractivity contribution in [3.8, 4) is 11.5 Å². The van der Waals surface area contributed by atoms with Crippen molar-refractivity contribution >= 4 is 33.3 Å². The van der Waals surface area contributed by atoms with Crippen LogP contribution in [0.1, 0.15) is 17.3 Å². The highest BCUT2D eigenvalue weighted by molar-refractivity contribution is 7.92. The van der Waals surface area contributed by atoms with Crippen LogP contribution in [0.5, 0.6) is 11.5 Å². The van der Waals surface area contributed by atoms with E-state index < -0.39 is 27.9 Å². The first-order valence-corrected chi connectivity index (χ1v) is 10.7. The minimum atomic E-state index is -3.81. The van der Waals surface area contributed by atoms with Crippen LogP contribution < -0.4 is 19.1 Å². The molecule has 0 bridgehead atoms. The maximum atomic E-state index is 12.8. The number of nitrogens with one attached hydrogen (secondary N) is 1. The molecule has 0 aliphatic rings. The number of benzene rings is 2. The Hall–Kier alpha value is -3.27. The first-order chi connectivity index (χ1) is 14.1. The molecule has 162 valence electrons. The normalized spacial score (nSPS) is 11.9. The summed E-state index contributed by atoms with van der Waals surface area (Å²) in [5, 5.41) is 2.65. The standard InChI is InChI=1S/C20H24N2O7S/c1-13(19(23)21-15-8-6-14(7-9-15)20(24)29-4)22(30(5,25)26)16-10-11-17(27-2)18(12-16)28-3/h6-13H,1-5H3,(H,21,23)/t13-/m0/s1. The molecular weight excluding hydrogens is 412 g/mol. The average Bonchev–Trinajstić information content (AvgIpc) is 2.72. The van der Waals surface area contributed by atoms with Gasteiger partial charge in [0.05, 0.1) is 38.8 Å². The summed E-state index contributed by atoms with van der Waals surface area (Å²) in [6.07, 6.45) is 1.01. The van der Waals surface area contributed by atoms with Crippen LogP contribution in [-0.4, -0.2) is 53.9 Å². The largest absolute Gasteiger partial charge is 0.493 e. The Morgan fingerprint density at radius 2 is 1.57 bits per heavy atom. The van der Waals surface area contributed by atoms with Crippen molar-refractivity contribution in [2.45, 2.75) is 13.0 Å². The molecule has 0 saturated carbocycles. The van der Waals surface area contributed by atoms with Crippen LogP contribution in [-0.2, 0) is 19.6 Å². The number of nitrogens with zero attached hydrogens (tertiary/aromatic N) is 1. The molecule has 0 fully saturated rings. The number of hydrogen-bond donors (Lipinski definition) is 1. The van der Waals surface area contributed by atoms with E-state index >= 15 is 0 Å². The minimum Gasteiger partial charge on any atom is -0.493 e. The summed E-state index contributed by atoms with van der Waals surface area (Å²) in [7, 11) is 0.363. The fourth-order valence-electron chi connectivity index (χ4n) is 2.82. The van der Waals surface area contributed by atoms with Gasteiger partial charge in [-0.3, -0.25) is 9.10 Å². The van der Waals surface area contributed by atoms with Gasteiger partial charge in [0, 0.05) is 11.8 Å². The van der Waals surface area contributed by atoms with Crippen molar-refractivity contribution in [1.29, 1.82) is 0 Å². The van der Waals surface area contributed by atoms with Gasteiger partial charge in [0.15, 0.2) is 11.5 Å². The molecular formula is C20H24N2O7S. The summed E-state index contributed by atoms with van der Waals surface area (Å²) < 4.78 is 40.9. The summed E-state index contributed by atoms with van der Waals surface area (Å²) in [5.74, 6) is -0.300. The first-order valence-electron chi connectivity index (χ1n) is 8.83. The topological polar surface area (TPSA) is 111 Å². The summed E-state index contributed by atoms with van der Waals surface area (Å²) in [6.45, 7) is 1.47. The first kappa shape index (κ1) is 23.0. The van der Waals surface area contributed by atoms with E-state index in [0.717, 1.165) is 10.6 Å². The fourth-order valence-corrected chi connectivity index (χ4v) is 3.99. The van der Waals surface area contributed by atoms with E-state index in [1.807, 2.05) is 0 Å². The number of methoxy groups -OCH3 is 3. The Labute approximate surface area is 175 Å². The van der Waals surface area contributed by atoms with Crippen molar-refractivity contribution < 1.29 is 32.2 Å². The second-order valence-corrected chi connectivity index (χ2v) is 8.19. The van der Waals surface area contributed by atoms with Gasteiger partial charge in [0.1, 0.15) is 6.04 Å². The molecule has 0 heterocycles. The van der Waals surface area contributed by atoms with Gasteiger partial charge in [-0.2, -0.15) is 0 Å². The number of esters is 1. The van der Waals surface area contributed by atoms with E-state index in [4.69, 9.17) is 9.47 Å². The fraction of sp³-hybridized carbons (Fsp3) is 0.300. The van der Waals surface area contributed by atoms with Gasteiger partial charge in [0.25, 0.3) is 0 Å². The highest BCUT2D eigenvalue weighted by atomic mass is 32.2. The lowest BCUT2D eigenvalue weighted by atomic mass is 10.2. The predicted molar refractivity (Wildman–Crippen MR) is 113 cm³/mol. The molecule has 0 spiro atoms. The van der Waals surface area contributed by atoms with Crippen LogP contribution in [0.25, 0.3) is 0 Å². The number of ether oxygens (including phenoxy) is 3. The Balaban J connectivity index is 2.30. The molecule has 2 aromatic rings. The number of rotatable bonds is 8. The third-order valence-electron chi connectivity index (χ3n) is 4.28. The molecule has 0 aliphatic carbocycles. The summed E-state index contributed by atoms with van der Waals surface area (Å²) >= 11 is 0. The quantitative estimate of drug-likeness (QED) is 0.632. The Kier molecular flexibility index (Phi) is 7.28. The zero-order valence-corrected chi connectivity index (χ0v) is 18.1. The average molecular weight is 436 g/mol. The molecule has 2 rings (SSSR count). The van der Waals surface area contributed by atoms with Gasteiger partial charge in [0.2, 0.25) is 15.9 Å². The maximum absolute atomic E-state index is 12.8. The zero-order valence-electron chi connectivity index (χ0n) is 17.3. The van der Waals surface area contributed by atoms with Crippen molar-refractivity contribution in [2.75, 3.05) is 37.2 Å². The van der Waals surface area contributed by atoms with Crippen LogP contribution in [0.3, 0.4) is 0 Å². The van der Waals surface area contributed by atoms with Gasteiger partial charge >= 0.3 is 5.97 Å².